The first kappa shape index (κ1) is 75.4. The smallest absolute Gasteiger partial charge is 0.330 e. The van der Waals surface area contributed by atoms with Crippen LogP contribution in [0.4, 0.5) is 0 Å². The van der Waals surface area contributed by atoms with Crippen LogP contribution in [0.3, 0.4) is 0 Å². The van der Waals surface area contributed by atoms with Crippen LogP contribution in [0.15, 0.2) is 137 Å². The van der Waals surface area contributed by atoms with E-state index >= 15 is 0 Å². The lowest BCUT2D eigenvalue weighted by atomic mass is 9.77. The van der Waals surface area contributed by atoms with Crippen molar-refractivity contribution >= 4 is 45.0 Å². The van der Waals surface area contributed by atoms with Crippen molar-refractivity contribution in [3.63, 3.8) is 0 Å². The highest BCUT2D eigenvalue weighted by atomic mass is 28.4. The molecule has 0 spiro atoms. The fraction of sp³-hybridized carbons (Fsp3) is 0.597. The van der Waals surface area contributed by atoms with Gasteiger partial charge in [-0.2, -0.15) is 0 Å². The Bertz CT molecular complexity index is 3150. The molecule has 2 aromatic carbocycles. The van der Waals surface area contributed by atoms with E-state index in [4.69, 9.17) is 62.6 Å². The van der Waals surface area contributed by atoms with Crippen molar-refractivity contribution in [3.8, 4) is 12.3 Å². The number of carbonyl (C=O) groups is 2. The molecule has 3 aromatic rings. The SMILES string of the molecule is C#CC[C@H](/C=C/C(C)=C/[C@@H](O[Si](C)(C)C(C)(C)C)[C@H]1C[C@@H](OC)C[C@](CC(=O)NC(/C=C(\C)[C@@H]2O[C@@H]3C/C=C/c4nc(co4)[C@H]4C[C@H](O[Si](c5ccccc5)(c5ccccc5)C(C)(C)C)C[C@@H](C[C@H]5CC(=C)C[C@H](C/C=C\C(=O)O[C@H]([C@H]2C)[C@H]3CC)O5)O4)CO)(OC)O1)OC. The normalized spacial score (nSPS) is 30.3. The standard InChI is InChI=1S/C77H110N2O14Si2/c1-18-28-56(83-13)38-37-51(3)41-69(93-94(16,17)75(7,8)9)68-46-61(84-14)47-77(85-15,91-68)48-70(81)78-55(49-80)42-53(5)73-54(6)74-64(19-2)66(89-73)34-27-35-71-79-65(50-86-71)67-45-60(44-59(88-67)43-58-40-52(4)39-57(87-58)29-26-36-72(82)90-74)92-95(76(10,11)12,62-30-22-20-23-31-62)63-32-24-21-25-33-63/h1,20-27,30-33,35-38,41-42,50,54-61,64,66-69,73-74,80H,4,19,28-29,34,39-40,43-49H2,2-3,5-17H3,(H,78,81)/b35-27+,36-26-,38-37+,51-41+,53-42+/t54-,55?,56+,57-,58+,59+,60+,61+,64-,66+,67+,68+,69+,73-,74+,77-/m0/s1. The molecule has 520 valence electrons. The summed E-state index contributed by atoms with van der Waals surface area (Å²) in [4.78, 5) is 33.7. The minimum atomic E-state index is -2.97. The van der Waals surface area contributed by atoms with Gasteiger partial charge in [-0.3, -0.25) is 4.79 Å². The molecule has 0 aliphatic carbocycles. The van der Waals surface area contributed by atoms with Gasteiger partial charge in [-0.05, 0) is 97.6 Å². The van der Waals surface area contributed by atoms with E-state index in [0.29, 0.717) is 75.8 Å². The van der Waals surface area contributed by atoms with E-state index < -0.39 is 83.6 Å². The molecule has 18 heteroatoms. The molecule has 1 aromatic heterocycles. The molecule has 95 heavy (non-hydrogen) atoms. The lowest BCUT2D eigenvalue weighted by Crippen LogP contribution is -2.68. The Kier molecular flexibility index (Phi) is 26.5. The zero-order valence-corrected chi connectivity index (χ0v) is 61.3. The van der Waals surface area contributed by atoms with Crippen LogP contribution in [0.2, 0.25) is 23.2 Å². The van der Waals surface area contributed by atoms with Gasteiger partial charge in [0.15, 0.2) is 14.1 Å². The number of terminal acetylenes is 1. The van der Waals surface area contributed by atoms with E-state index in [1.165, 1.54) is 23.6 Å². The summed E-state index contributed by atoms with van der Waals surface area (Å²) in [5.74, 6) is 0.297. The molecule has 5 aliphatic heterocycles. The van der Waals surface area contributed by atoms with Gasteiger partial charge in [0, 0.05) is 71.3 Å². The fourth-order valence-corrected chi connectivity index (χ4v) is 20.4. The van der Waals surface area contributed by atoms with Crippen molar-refractivity contribution in [3.05, 3.63) is 144 Å². The molecule has 1 amide bonds. The molecule has 0 saturated carbocycles. The molecule has 16 atom stereocenters. The van der Waals surface area contributed by atoms with Crippen molar-refractivity contribution < 1.29 is 65.9 Å². The fourth-order valence-electron chi connectivity index (χ4n) is 14.4. The van der Waals surface area contributed by atoms with Crippen LogP contribution in [0, 0.1) is 24.2 Å². The Balaban J connectivity index is 1.05. The summed E-state index contributed by atoms with van der Waals surface area (Å²) in [6.07, 6.45) is 23.8. The number of oxazole rings is 1. The summed E-state index contributed by atoms with van der Waals surface area (Å²) in [5.41, 5.74) is 3.46. The number of amides is 1. The van der Waals surface area contributed by atoms with Crippen LogP contribution >= 0.6 is 0 Å². The van der Waals surface area contributed by atoms with E-state index in [-0.39, 0.29) is 71.4 Å². The number of esters is 1. The van der Waals surface area contributed by atoms with Gasteiger partial charge in [0.05, 0.1) is 80.1 Å². The van der Waals surface area contributed by atoms with Crippen molar-refractivity contribution in [1.82, 2.24) is 10.3 Å². The molecule has 0 radical (unpaired) electrons. The Morgan fingerprint density at radius 2 is 1.57 bits per heavy atom. The van der Waals surface area contributed by atoms with Crippen LogP contribution in [-0.2, 0) is 56.3 Å². The molecule has 1 unspecified atom stereocenters. The lowest BCUT2D eigenvalue weighted by Gasteiger charge is -2.47. The van der Waals surface area contributed by atoms with Gasteiger partial charge in [0.25, 0.3) is 8.32 Å². The molecular weight excluding hydrogens is 1230 g/mol. The second-order valence-corrected chi connectivity index (χ2v) is 38.5. The third-order valence-corrected chi connectivity index (χ3v) is 29.9. The molecule has 8 bridgehead atoms. The highest BCUT2D eigenvalue weighted by Crippen LogP contribution is 2.45. The molecule has 8 rings (SSSR count). The number of hydrogen-bond donors (Lipinski definition) is 2. The molecule has 6 heterocycles. The van der Waals surface area contributed by atoms with Gasteiger partial charge >= 0.3 is 5.97 Å². The number of ether oxygens (including phenoxy) is 8. The second-order valence-electron chi connectivity index (χ2n) is 29.5. The number of aromatic nitrogens is 1. The summed E-state index contributed by atoms with van der Waals surface area (Å²) in [6, 6.07) is 20.7. The van der Waals surface area contributed by atoms with Gasteiger partial charge < -0.3 is 61.6 Å². The third-order valence-electron chi connectivity index (χ3n) is 20.4. The van der Waals surface area contributed by atoms with Crippen LogP contribution in [0.25, 0.3) is 6.08 Å². The zero-order chi connectivity index (χ0) is 68.9. The predicted octanol–water partition coefficient (Wildman–Crippen LogP) is 13.3. The first-order valence-corrected chi connectivity index (χ1v) is 39.2. The van der Waals surface area contributed by atoms with Crippen LogP contribution in [-0.4, -0.2) is 146 Å². The first-order valence-electron chi connectivity index (χ1n) is 34.4. The topological polar surface area (TPSA) is 185 Å². The quantitative estimate of drug-likeness (QED) is 0.0337. The first-order chi connectivity index (χ1) is 45.2. The van der Waals surface area contributed by atoms with Gasteiger partial charge in [-0.15, -0.1) is 12.3 Å². The number of benzene rings is 2. The maximum Gasteiger partial charge on any atom is 0.330 e. The van der Waals surface area contributed by atoms with E-state index in [1.807, 2.05) is 57.2 Å². The summed E-state index contributed by atoms with van der Waals surface area (Å²) in [7, 11) is -0.553. The molecule has 5 aliphatic rings. The molecule has 2 N–H and O–H groups in total. The maximum absolute atomic E-state index is 14.5. The van der Waals surface area contributed by atoms with Crippen LogP contribution < -0.4 is 15.7 Å². The summed E-state index contributed by atoms with van der Waals surface area (Å²) in [5, 5.41) is 16.2. The third kappa shape index (κ3) is 19.3. The highest BCUT2D eigenvalue weighted by molar-refractivity contribution is 6.99. The number of aliphatic hydroxyl groups is 1. The van der Waals surface area contributed by atoms with Crippen molar-refractivity contribution in [2.24, 2.45) is 11.8 Å². The number of nitrogens with one attached hydrogen (secondary N) is 1. The summed E-state index contributed by atoms with van der Waals surface area (Å²) >= 11 is 0. The largest absolute Gasteiger partial charge is 0.458 e. The average molecular weight is 1340 g/mol. The van der Waals surface area contributed by atoms with Gasteiger partial charge in [0.1, 0.15) is 24.2 Å². The number of carbonyl (C=O) groups excluding carboxylic acids is 2. The molecule has 4 saturated heterocycles. The summed E-state index contributed by atoms with van der Waals surface area (Å²) < 4.78 is 73.6. The van der Waals surface area contributed by atoms with Crippen LogP contribution in [0.5, 0.6) is 0 Å². The Morgan fingerprint density at radius 1 is 0.884 bits per heavy atom. The van der Waals surface area contributed by atoms with Crippen molar-refractivity contribution in [1.29, 1.82) is 0 Å². The average Bonchev–Trinajstić information content (AvgIpc) is 0.765. The number of hydrogen-bond acceptors (Lipinski definition) is 15. The number of allylic oxidation sites excluding steroid dienone is 2. The zero-order valence-electron chi connectivity index (χ0n) is 59.3. The van der Waals surface area contributed by atoms with Crippen molar-refractivity contribution in [2.75, 3.05) is 27.9 Å². The number of methoxy groups -OCH3 is 3. The van der Waals surface area contributed by atoms with Gasteiger partial charge in [-0.25, -0.2) is 9.78 Å². The monoisotopic (exact) mass is 1340 g/mol. The Hall–Kier alpha value is -5.38. The number of nitrogens with zero attached hydrogens (tertiary/aromatic N) is 1. The second kappa shape index (κ2) is 33.5. The minimum absolute atomic E-state index is 0.123. The highest BCUT2D eigenvalue weighted by Gasteiger charge is 2.54. The minimum Gasteiger partial charge on any atom is -0.458 e. The number of rotatable bonds is 21. The van der Waals surface area contributed by atoms with Gasteiger partial charge in [-0.1, -0.05) is 170 Å². The number of fused-ring (bicyclic) bond motifs is 9. The van der Waals surface area contributed by atoms with Crippen molar-refractivity contribution in [2.45, 2.75) is 255 Å². The molecular formula is C77H110N2O14Si2. The molecule has 16 nitrogen and oxygen atoms in total. The van der Waals surface area contributed by atoms with Crippen LogP contribution in [0.1, 0.15) is 164 Å². The predicted molar refractivity (Wildman–Crippen MR) is 378 cm³/mol. The lowest BCUT2D eigenvalue weighted by molar-refractivity contribution is -0.295. The van der Waals surface area contributed by atoms with Gasteiger partial charge in [0.2, 0.25) is 11.8 Å². The van der Waals surface area contributed by atoms with E-state index in [1.54, 1.807) is 20.5 Å². The van der Waals surface area contributed by atoms with E-state index in [0.717, 1.165) is 16.7 Å². The maximum atomic E-state index is 14.5. The molecule has 4 fully saturated rings. The Labute approximate surface area is 569 Å². The Morgan fingerprint density at radius 3 is 2.19 bits per heavy atom. The summed E-state index contributed by atoms with van der Waals surface area (Å²) in [6.45, 7) is 30.0. The van der Waals surface area contributed by atoms with E-state index in [9.17, 15) is 14.7 Å². The van der Waals surface area contributed by atoms with E-state index in [2.05, 4.69) is 146 Å². The number of aliphatic hydroxyl groups excluding tert-OH is 1.